The highest BCUT2D eigenvalue weighted by molar-refractivity contribution is 6.04. The zero-order chi connectivity index (χ0) is 15.2. The van der Waals surface area contributed by atoms with Crippen molar-refractivity contribution in [1.82, 2.24) is 20.2 Å². The van der Waals surface area contributed by atoms with E-state index in [1.54, 1.807) is 49.2 Å². The van der Waals surface area contributed by atoms with E-state index in [1.807, 2.05) is 6.07 Å². The fourth-order valence-electron chi connectivity index (χ4n) is 1.76. The highest BCUT2D eigenvalue weighted by Gasteiger charge is 2.13. The number of nitrogens with one attached hydrogen (secondary N) is 2. The molecule has 106 valence electrons. The van der Waals surface area contributed by atoms with Crippen LogP contribution in [-0.4, -0.2) is 26.1 Å². The van der Waals surface area contributed by atoms with Gasteiger partial charge >= 0.3 is 0 Å². The van der Waals surface area contributed by atoms with Crippen molar-refractivity contribution in [2.24, 2.45) is 0 Å². The summed E-state index contributed by atoms with van der Waals surface area (Å²) in [5.41, 5.74) is 2.12. The van der Waals surface area contributed by atoms with Crippen LogP contribution in [0, 0.1) is 11.8 Å². The SMILES string of the molecule is O=C(Nc1cccnc1)c1n[nH]cc1C#Cc1cccnc1. The lowest BCUT2D eigenvalue weighted by atomic mass is 10.2. The molecule has 1 amide bonds. The first-order valence-electron chi connectivity index (χ1n) is 6.50. The minimum atomic E-state index is -0.343. The number of aromatic amines is 1. The van der Waals surface area contributed by atoms with Crippen LogP contribution in [0.15, 0.2) is 55.2 Å². The first-order chi connectivity index (χ1) is 10.8. The second-order valence-electron chi connectivity index (χ2n) is 4.34. The standard InChI is InChI=1S/C16H11N5O/c22-16(20-14-4-2-8-18-11-14)15-13(10-19-21-15)6-5-12-3-1-7-17-9-12/h1-4,7-11H,(H,19,21)(H,20,22). The van der Waals surface area contributed by atoms with Gasteiger partial charge in [0, 0.05) is 30.4 Å². The molecule has 3 heterocycles. The molecule has 0 saturated heterocycles. The largest absolute Gasteiger partial charge is 0.319 e. The summed E-state index contributed by atoms with van der Waals surface area (Å²) in [5.74, 6) is 5.51. The maximum absolute atomic E-state index is 12.2. The summed E-state index contributed by atoms with van der Waals surface area (Å²) >= 11 is 0. The van der Waals surface area contributed by atoms with E-state index < -0.39 is 0 Å². The molecular formula is C16H11N5O. The highest BCUT2D eigenvalue weighted by Crippen LogP contribution is 2.09. The number of nitrogens with zero attached hydrogens (tertiary/aromatic N) is 3. The molecule has 0 saturated carbocycles. The Bertz CT molecular complexity index is 831. The van der Waals surface area contributed by atoms with Gasteiger partial charge in [-0.15, -0.1) is 0 Å². The fraction of sp³-hybridized carbons (Fsp3) is 0. The van der Waals surface area contributed by atoms with E-state index in [1.165, 1.54) is 0 Å². The third-order valence-electron chi connectivity index (χ3n) is 2.78. The van der Waals surface area contributed by atoms with E-state index in [4.69, 9.17) is 0 Å². The van der Waals surface area contributed by atoms with Crippen molar-refractivity contribution in [1.29, 1.82) is 0 Å². The van der Waals surface area contributed by atoms with Crippen molar-refractivity contribution in [3.8, 4) is 11.8 Å². The van der Waals surface area contributed by atoms with Gasteiger partial charge in [-0.2, -0.15) is 5.10 Å². The summed E-state index contributed by atoms with van der Waals surface area (Å²) in [6.07, 6.45) is 8.11. The first-order valence-corrected chi connectivity index (χ1v) is 6.50. The van der Waals surface area contributed by atoms with Gasteiger partial charge in [0.2, 0.25) is 0 Å². The Labute approximate surface area is 126 Å². The highest BCUT2D eigenvalue weighted by atomic mass is 16.1. The third kappa shape index (κ3) is 3.16. The van der Waals surface area contributed by atoms with Gasteiger partial charge in [0.05, 0.1) is 17.4 Å². The number of pyridine rings is 2. The molecule has 0 aliphatic rings. The predicted octanol–water partition coefficient (Wildman–Crippen LogP) is 1.85. The second-order valence-corrected chi connectivity index (χ2v) is 4.34. The lowest BCUT2D eigenvalue weighted by molar-refractivity contribution is 0.102. The van der Waals surface area contributed by atoms with Crippen LogP contribution in [0.4, 0.5) is 5.69 Å². The van der Waals surface area contributed by atoms with Crippen LogP contribution < -0.4 is 5.32 Å². The van der Waals surface area contributed by atoms with Crippen LogP contribution in [0.25, 0.3) is 0 Å². The van der Waals surface area contributed by atoms with E-state index in [9.17, 15) is 4.79 Å². The Hall–Kier alpha value is -3.46. The van der Waals surface area contributed by atoms with E-state index >= 15 is 0 Å². The number of rotatable bonds is 2. The summed E-state index contributed by atoms with van der Waals surface area (Å²) in [5, 5.41) is 9.32. The van der Waals surface area contributed by atoms with Gasteiger partial charge in [-0.25, -0.2) is 0 Å². The lowest BCUT2D eigenvalue weighted by Gasteiger charge is -2.01. The van der Waals surface area contributed by atoms with Crippen molar-refractivity contribution < 1.29 is 4.79 Å². The average Bonchev–Trinajstić information content (AvgIpc) is 3.03. The van der Waals surface area contributed by atoms with Gasteiger partial charge in [-0.05, 0) is 24.3 Å². The first kappa shape index (κ1) is 13.5. The van der Waals surface area contributed by atoms with Gasteiger partial charge in [0.1, 0.15) is 0 Å². The summed E-state index contributed by atoms with van der Waals surface area (Å²) in [6, 6.07) is 7.13. The third-order valence-corrected chi connectivity index (χ3v) is 2.78. The van der Waals surface area contributed by atoms with Crippen LogP contribution in [-0.2, 0) is 0 Å². The molecule has 0 radical (unpaired) electrons. The van der Waals surface area contributed by atoms with Gasteiger partial charge in [-0.1, -0.05) is 11.8 Å². The van der Waals surface area contributed by atoms with Crippen LogP contribution >= 0.6 is 0 Å². The molecule has 0 atom stereocenters. The molecule has 2 N–H and O–H groups in total. The number of H-pyrrole nitrogens is 1. The Morgan fingerprint density at radius 1 is 1.09 bits per heavy atom. The summed E-state index contributed by atoms with van der Waals surface area (Å²) in [4.78, 5) is 20.1. The van der Waals surface area contributed by atoms with Gasteiger partial charge in [0.25, 0.3) is 5.91 Å². The zero-order valence-electron chi connectivity index (χ0n) is 11.4. The number of hydrogen-bond donors (Lipinski definition) is 2. The number of amides is 1. The zero-order valence-corrected chi connectivity index (χ0v) is 11.4. The molecule has 3 rings (SSSR count). The van der Waals surface area contributed by atoms with Crippen molar-refractivity contribution >= 4 is 11.6 Å². The molecule has 0 spiro atoms. The van der Waals surface area contributed by atoms with E-state index in [-0.39, 0.29) is 11.6 Å². The fourth-order valence-corrected chi connectivity index (χ4v) is 1.76. The molecule has 0 fully saturated rings. The molecule has 6 nitrogen and oxygen atoms in total. The van der Waals surface area contributed by atoms with E-state index in [2.05, 4.69) is 37.3 Å². The molecule has 0 aliphatic carbocycles. The molecule has 0 aromatic carbocycles. The topological polar surface area (TPSA) is 83.6 Å². The molecular weight excluding hydrogens is 278 g/mol. The number of aromatic nitrogens is 4. The lowest BCUT2D eigenvalue weighted by Crippen LogP contribution is -2.13. The Kier molecular flexibility index (Phi) is 3.89. The normalized spacial score (nSPS) is 9.64. The van der Waals surface area contributed by atoms with Crippen LogP contribution in [0.2, 0.25) is 0 Å². The maximum atomic E-state index is 12.2. The van der Waals surface area contributed by atoms with Crippen LogP contribution in [0.5, 0.6) is 0 Å². The van der Waals surface area contributed by atoms with E-state index in [0.29, 0.717) is 11.3 Å². The molecule has 0 aliphatic heterocycles. The minimum Gasteiger partial charge on any atom is -0.319 e. The van der Waals surface area contributed by atoms with Crippen molar-refractivity contribution in [3.05, 3.63) is 72.1 Å². The summed E-state index contributed by atoms with van der Waals surface area (Å²) < 4.78 is 0. The maximum Gasteiger partial charge on any atom is 0.277 e. The predicted molar refractivity (Wildman–Crippen MR) is 81.0 cm³/mol. The van der Waals surface area contributed by atoms with Crippen molar-refractivity contribution in [2.45, 2.75) is 0 Å². The van der Waals surface area contributed by atoms with Gasteiger partial charge in [0.15, 0.2) is 5.69 Å². The number of anilines is 1. The summed E-state index contributed by atoms with van der Waals surface area (Å²) in [6.45, 7) is 0. The minimum absolute atomic E-state index is 0.236. The summed E-state index contributed by atoms with van der Waals surface area (Å²) in [7, 11) is 0. The Balaban J connectivity index is 1.81. The number of hydrogen-bond acceptors (Lipinski definition) is 4. The second kappa shape index (κ2) is 6.33. The van der Waals surface area contributed by atoms with Crippen LogP contribution in [0.1, 0.15) is 21.6 Å². The molecule has 0 unspecified atom stereocenters. The molecule has 3 aromatic rings. The Morgan fingerprint density at radius 3 is 2.64 bits per heavy atom. The van der Waals surface area contributed by atoms with E-state index in [0.717, 1.165) is 5.56 Å². The Morgan fingerprint density at radius 2 is 1.91 bits per heavy atom. The smallest absolute Gasteiger partial charge is 0.277 e. The van der Waals surface area contributed by atoms with Crippen LogP contribution in [0.3, 0.4) is 0 Å². The molecule has 3 aromatic heterocycles. The monoisotopic (exact) mass is 289 g/mol. The number of carbonyl (C=O) groups excluding carboxylic acids is 1. The van der Waals surface area contributed by atoms with Crippen molar-refractivity contribution in [3.63, 3.8) is 0 Å². The van der Waals surface area contributed by atoms with Gasteiger partial charge < -0.3 is 5.32 Å². The quantitative estimate of drug-likeness (QED) is 0.705. The number of carbonyl (C=O) groups is 1. The van der Waals surface area contributed by atoms with Gasteiger partial charge in [-0.3, -0.25) is 19.9 Å². The average molecular weight is 289 g/mol. The molecule has 6 heteroatoms. The molecule has 22 heavy (non-hydrogen) atoms. The van der Waals surface area contributed by atoms with Crippen molar-refractivity contribution in [2.75, 3.05) is 5.32 Å². The molecule has 0 bridgehead atoms.